The van der Waals surface area contributed by atoms with Gasteiger partial charge < -0.3 is 4.42 Å². The van der Waals surface area contributed by atoms with E-state index in [1.807, 2.05) is 42.7 Å². The summed E-state index contributed by atoms with van der Waals surface area (Å²) in [7, 11) is 0. The Kier molecular flexibility index (Phi) is 5.16. The summed E-state index contributed by atoms with van der Waals surface area (Å²) in [5.41, 5.74) is 9.99. The van der Waals surface area contributed by atoms with Crippen molar-refractivity contribution in [3.63, 3.8) is 0 Å². The lowest BCUT2D eigenvalue weighted by Gasteiger charge is -2.15. The first kappa shape index (κ1) is 23.8. The van der Waals surface area contributed by atoms with E-state index in [4.69, 9.17) is 14.4 Å². The molecule has 0 unspecified atom stereocenters. The van der Waals surface area contributed by atoms with Crippen molar-refractivity contribution in [1.82, 2.24) is 15.0 Å². The number of benzene rings is 5. The van der Waals surface area contributed by atoms with Gasteiger partial charge in [-0.25, -0.2) is 4.98 Å². The Morgan fingerprint density at radius 1 is 0.512 bits per heavy atom. The van der Waals surface area contributed by atoms with E-state index in [1.165, 1.54) is 10.9 Å². The van der Waals surface area contributed by atoms with Crippen LogP contribution in [0.2, 0.25) is 0 Å². The maximum absolute atomic E-state index is 6.50. The Hall–Kier alpha value is -5.87. The van der Waals surface area contributed by atoms with Crippen LogP contribution in [0, 0.1) is 0 Å². The van der Waals surface area contributed by atoms with Gasteiger partial charge in [0, 0.05) is 45.9 Å². The second kappa shape index (κ2) is 9.33. The standard InChI is InChI=1S/C39H23N3O/c1-2-12-29-28(11-1)27(25-9-5-8-24(22-25)26-10-6-20-40-23-26)16-17-31(29)37-33-19-18-32-30-13-3-4-15-35(30)43-39(32)36(33)38-34(42-37)14-7-21-41-38/h1-23H. The number of rotatable bonds is 3. The number of para-hydroxylation sites is 1. The predicted octanol–water partition coefficient (Wildman–Crippen LogP) is 10.2. The van der Waals surface area contributed by atoms with E-state index in [1.54, 1.807) is 6.20 Å². The van der Waals surface area contributed by atoms with Gasteiger partial charge in [0.15, 0.2) is 0 Å². The lowest BCUT2D eigenvalue weighted by molar-refractivity contribution is 0.673. The summed E-state index contributed by atoms with van der Waals surface area (Å²) >= 11 is 0. The fraction of sp³-hybridized carbons (Fsp3) is 0. The minimum Gasteiger partial charge on any atom is -0.455 e. The van der Waals surface area contributed by atoms with E-state index in [2.05, 4.69) is 96.0 Å². The molecule has 0 aliphatic heterocycles. The Morgan fingerprint density at radius 3 is 2.14 bits per heavy atom. The Bertz CT molecular complexity index is 2510. The molecule has 0 aliphatic rings. The summed E-state index contributed by atoms with van der Waals surface area (Å²) < 4.78 is 6.50. The molecule has 9 rings (SSSR count). The number of nitrogens with zero attached hydrogens (tertiary/aromatic N) is 3. The van der Waals surface area contributed by atoms with Gasteiger partial charge in [0.25, 0.3) is 0 Å². The second-order valence-electron chi connectivity index (χ2n) is 10.8. The van der Waals surface area contributed by atoms with Gasteiger partial charge >= 0.3 is 0 Å². The average Bonchev–Trinajstić information content (AvgIpc) is 3.47. The van der Waals surface area contributed by atoms with Gasteiger partial charge in [-0.3, -0.25) is 9.97 Å². The number of hydrogen-bond acceptors (Lipinski definition) is 4. The molecule has 0 fully saturated rings. The van der Waals surface area contributed by atoms with E-state index in [-0.39, 0.29) is 0 Å². The summed E-state index contributed by atoms with van der Waals surface area (Å²) in [6.07, 6.45) is 5.54. The highest BCUT2D eigenvalue weighted by atomic mass is 16.3. The molecule has 9 aromatic rings. The molecule has 0 amide bonds. The largest absolute Gasteiger partial charge is 0.455 e. The third kappa shape index (κ3) is 3.67. The molecule has 5 aromatic carbocycles. The number of pyridine rings is 3. The van der Waals surface area contributed by atoms with Crippen LogP contribution in [0.5, 0.6) is 0 Å². The van der Waals surface area contributed by atoms with Crippen molar-refractivity contribution >= 4 is 54.5 Å². The number of fused-ring (bicyclic) bond motifs is 8. The zero-order valence-electron chi connectivity index (χ0n) is 23.0. The monoisotopic (exact) mass is 549 g/mol. The van der Waals surface area contributed by atoms with Crippen LogP contribution in [0.3, 0.4) is 0 Å². The van der Waals surface area contributed by atoms with Crippen LogP contribution in [-0.2, 0) is 0 Å². The third-order valence-electron chi connectivity index (χ3n) is 8.41. The highest BCUT2D eigenvalue weighted by molar-refractivity contribution is 6.24. The first-order chi connectivity index (χ1) is 21.3. The molecule has 0 saturated carbocycles. The van der Waals surface area contributed by atoms with Gasteiger partial charge in [-0.15, -0.1) is 0 Å². The zero-order chi connectivity index (χ0) is 28.3. The number of hydrogen-bond donors (Lipinski definition) is 0. The van der Waals surface area contributed by atoms with E-state index in [9.17, 15) is 0 Å². The second-order valence-corrected chi connectivity index (χ2v) is 10.8. The summed E-state index contributed by atoms with van der Waals surface area (Å²) in [4.78, 5) is 14.3. The molecule has 0 N–H and O–H groups in total. The van der Waals surface area contributed by atoms with E-state index in [0.29, 0.717) is 0 Å². The van der Waals surface area contributed by atoms with Gasteiger partial charge in [0.05, 0.1) is 16.6 Å². The smallest absolute Gasteiger partial charge is 0.145 e. The zero-order valence-corrected chi connectivity index (χ0v) is 23.0. The van der Waals surface area contributed by atoms with Crippen LogP contribution in [0.15, 0.2) is 144 Å². The Balaban J connectivity index is 1.32. The van der Waals surface area contributed by atoms with Crippen molar-refractivity contribution in [3.8, 4) is 33.5 Å². The minimum atomic E-state index is 0.843. The van der Waals surface area contributed by atoms with Crippen LogP contribution >= 0.6 is 0 Å². The quantitative estimate of drug-likeness (QED) is 0.206. The highest BCUT2D eigenvalue weighted by Gasteiger charge is 2.19. The maximum Gasteiger partial charge on any atom is 0.145 e. The van der Waals surface area contributed by atoms with Crippen molar-refractivity contribution in [1.29, 1.82) is 0 Å². The van der Waals surface area contributed by atoms with Crippen LogP contribution in [0.4, 0.5) is 0 Å². The predicted molar refractivity (Wildman–Crippen MR) is 176 cm³/mol. The van der Waals surface area contributed by atoms with Gasteiger partial charge in [0.2, 0.25) is 0 Å². The van der Waals surface area contributed by atoms with Crippen LogP contribution in [0.25, 0.3) is 88.0 Å². The van der Waals surface area contributed by atoms with Gasteiger partial charge in [-0.1, -0.05) is 84.9 Å². The lowest BCUT2D eigenvalue weighted by Crippen LogP contribution is -1.93. The Labute approximate surface area is 246 Å². The van der Waals surface area contributed by atoms with Crippen molar-refractivity contribution in [2.24, 2.45) is 0 Å². The molecular formula is C39H23N3O. The third-order valence-corrected chi connectivity index (χ3v) is 8.41. The SMILES string of the molecule is c1cncc(-c2cccc(-c3ccc(-c4nc5cccnc5c5c4ccc4c6ccccc6oc45)c4ccccc34)c2)c1. The molecule has 43 heavy (non-hydrogen) atoms. The lowest BCUT2D eigenvalue weighted by atomic mass is 9.91. The fourth-order valence-electron chi connectivity index (χ4n) is 6.44. The first-order valence-corrected chi connectivity index (χ1v) is 14.4. The molecular weight excluding hydrogens is 526 g/mol. The molecule has 0 saturated heterocycles. The normalized spacial score (nSPS) is 11.7. The molecule has 4 heteroatoms. The number of aromatic nitrogens is 3. The minimum absolute atomic E-state index is 0.843. The molecule has 4 heterocycles. The van der Waals surface area contributed by atoms with Crippen LogP contribution in [0.1, 0.15) is 0 Å². The van der Waals surface area contributed by atoms with Crippen molar-refractivity contribution in [2.45, 2.75) is 0 Å². The van der Waals surface area contributed by atoms with Gasteiger partial charge in [-0.2, -0.15) is 0 Å². The van der Waals surface area contributed by atoms with Gasteiger partial charge in [0.1, 0.15) is 16.7 Å². The maximum atomic E-state index is 6.50. The average molecular weight is 550 g/mol. The molecule has 0 spiro atoms. The molecule has 0 bridgehead atoms. The summed E-state index contributed by atoms with van der Waals surface area (Å²) in [5.74, 6) is 0. The summed E-state index contributed by atoms with van der Waals surface area (Å²) in [6.45, 7) is 0. The molecule has 0 aliphatic carbocycles. The van der Waals surface area contributed by atoms with Crippen molar-refractivity contribution in [2.75, 3.05) is 0 Å². The molecule has 200 valence electrons. The summed E-state index contributed by atoms with van der Waals surface area (Å²) in [6, 6.07) is 42.3. The number of furan rings is 1. The molecule has 4 nitrogen and oxygen atoms in total. The Morgan fingerprint density at radius 2 is 1.26 bits per heavy atom. The van der Waals surface area contributed by atoms with Crippen molar-refractivity contribution in [3.05, 3.63) is 140 Å². The van der Waals surface area contributed by atoms with Crippen LogP contribution in [-0.4, -0.2) is 15.0 Å². The molecule has 0 radical (unpaired) electrons. The highest BCUT2D eigenvalue weighted by Crippen LogP contribution is 2.43. The van der Waals surface area contributed by atoms with Crippen LogP contribution < -0.4 is 0 Å². The molecule has 0 atom stereocenters. The van der Waals surface area contributed by atoms with Crippen molar-refractivity contribution < 1.29 is 4.42 Å². The summed E-state index contributed by atoms with van der Waals surface area (Å²) in [5, 5.41) is 6.52. The van der Waals surface area contributed by atoms with E-state index < -0.39 is 0 Å². The molecule has 4 aromatic heterocycles. The fourth-order valence-corrected chi connectivity index (χ4v) is 6.44. The van der Waals surface area contributed by atoms with E-state index in [0.717, 1.165) is 77.1 Å². The topological polar surface area (TPSA) is 51.8 Å². The van der Waals surface area contributed by atoms with Gasteiger partial charge in [-0.05, 0) is 63.9 Å². The first-order valence-electron chi connectivity index (χ1n) is 14.4. The van der Waals surface area contributed by atoms with E-state index >= 15 is 0 Å².